The van der Waals surface area contributed by atoms with E-state index >= 15 is 0 Å². The lowest BCUT2D eigenvalue weighted by Gasteiger charge is -2.36. The Hall–Kier alpha value is -3.30. The number of aliphatic imine (C=N–C) groups is 1. The molecule has 0 unspecified atom stereocenters. The van der Waals surface area contributed by atoms with Crippen LogP contribution in [0.5, 0.6) is 0 Å². The van der Waals surface area contributed by atoms with Crippen LogP contribution in [0.4, 0.5) is 17.5 Å². The summed E-state index contributed by atoms with van der Waals surface area (Å²) < 4.78 is 0. The molecule has 0 radical (unpaired) electrons. The Balaban J connectivity index is 1.54. The van der Waals surface area contributed by atoms with Crippen LogP contribution in [0, 0.1) is 20.8 Å². The van der Waals surface area contributed by atoms with Gasteiger partial charge in [-0.15, -0.1) is 0 Å². The molecule has 1 aromatic carbocycles. The largest absolute Gasteiger partial charge is 0.353 e. The summed E-state index contributed by atoms with van der Waals surface area (Å²) in [5.74, 6) is 2.04. The number of nitrogens with zero attached hydrogens (tertiary/aromatic N) is 6. The molecule has 0 aliphatic carbocycles. The molecule has 1 aliphatic rings. The number of hydrogen-bond acceptors (Lipinski definition) is 5. The zero-order valence-electron chi connectivity index (χ0n) is 19.4. The van der Waals surface area contributed by atoms with E-state index in [-0.39, 0.29) is 0 Å². The Labute approximate surface area is 210 Å². The highest BCUT2D eigenvalue weighted by Crippen LogP contribution is 2.23. The van der Waals surface area contributed by atoms with Crippen molar-refractivity contribution < 1.29 is 0 Å². The van der Waals surface area contributed by atoms with Gasteiger partial charge >= 0.3 is 0 Å². The molecule has 176 valence electrons. The van der Waals surface area contributed by atoms with Gasteiger partial charge in [0, 0.05) is 43.8 Å². The number of rotatable bonds is 3. The van der Waals surface area contributed by atoms with Crippen molar-refractivity contribution in [2.45, 2.75) is 20.8 Å². The summed E-state index contributed by atoms with van der Waals surface area (Å²) in [6, 6.07) is 13.6. The van der Waals surface area contributed by atoms with Gasteiger partial charge < -0.3 is 15.1 Å². The zero-order chi connectivity index (χ0) is 24.1. The molecule has 0 saturated carbocycles. The van der Waals surface area contributed by atoms with E-state index in [9.17, 15) is 0 Å². The van der Waals surface area contributed by atoms with Crippen molar-refractivity contribution in [3.63, 3.8) is 0 Å². The molecule has 0 spiro atoms. The van der Waals surface area contributed by atoms with E-state index in [0.29, 0.717) is 27.7 Å². The average Bonchev–Trinajstić information content (AvgIpc) is 2.80. The van der Waals surface area contributed by atoms with Crippen LogP contribution in [0.2, 0.25) is 5.02 Å². The van der Waals surface area contributed by atoms with Gasteiger partial charge in [0.25, 0.3) is 0 Å². The molecule has 1 aliphatic heterocycles. The SMILES string of the molecule is Cc1ccc(NC(=S)/N=C(/Nc2nc(C)cc(C)n2)N2CCN(c3ccccn3)CC2)c(Cl)c1. The molecule has 0 amide bonds. The monoisotopic (exact) mass is 494 g/mol. The maximum absolute atomic E-state index is 6.37. The summed E-state index contributed by atoms with van der Waals surface area (Å²) in [6.07, 6.45) is 1.81. The number of halogens is 1. The van der Waals surface area contributed by atoms with Crippen LogP contribution in [0.3, 0.4) is 0 Å². The fourth-order valence-electron chi connectivity index (χ4n) is 3.71. The minimum atomic E-state index is 0.296. The Bertz CT molecular complexity index is 1170. The first kappa shape index (κ1) is 23.8. The standard InChI is InChI=1S/C24H27ClN8S/c1-16-7-8-20(19(25)14-16)29-24(34)31-23(30-22-27-17(2)15-18(3)28-22)33-12-10-32(11-13-33)21-6-4-5-9-26-21/h4-9,14-15H,10-13H2,1-3H3,(H2,27,28,29,30,31,34). The predicted molar refractivity (Wildman–Crippen MR) is 143 cm³/mol. The number of anilines is 3. The molecular formula is C24H27ClN8S. The normalized spacial score (nSPS) is 14.2. The number of nitrogens with one attached hydrogen (secondary N) is 2. The van der Waals surface area contributed by atoms with Crippen LogP contribution in [-0.2, 0) is 0 Å². The quantitative estimate of drug-likeness (QED) is 0.314. The van der Waals surface area contributed by atoms with Gasteiger partial charge in [0.2, 0.25) is 17.0 Å². The van der Waals surface area contributed by atoms with Gasteiger partial charge in [-0.1, -0.05) is 23.7 Å². The minimum Gasteiger partial charge on any atom is -0.353 e. The van der Waals surface area contributed by atoms with Crippen molar-refractivity contribution in [3.8, 4) is 0 Å². The molecule has 2 aromatic heterocycles. The van der Waals surface area contributed by atoms with Crippen molar-refractivity contribution >= 4 is 52.3 Å². The fraction of sp³-hybridized carbons (Fsp3) is 0.292. The molecule has 4 rings (SSSR count). The number of aromatic nitrogens is 3. The number of thiocarbonyl (C=S) groups is 1. The topological polar surface area (TPSA) is 81.6 Å². The van der Waals surface area contributed by atoms with Crippen molar-refractivity contribution in [2.24, 2.45) is 4.99 Å². The van der Waals surface area contributed by atoms with Gasteiger partial charge in [-0.05, 0) is 68.9 Å². The third kappa shape index (κ3) is 6.18. The molecule has 3 aromatic rings. The number of guanidine groups is 1. The van der Waals surface area contributed by atoms with Gasteiger partial charge in [0.1, 0.15) is 5.82 Å². The molecule has 34 heavy (non-hydrogen) atoms. The lowest BCUT2D eigenvalue weighted by Crippen LogP contribution is -2.51. The first-order valence-corrected chi connectivity index (χ1v) is 11.8. The highest BCUT2D eigenvalue weighted by Gasteiger charge is 2.22. The first-order chi connectivity index (χ1) is 16.4. The zero-order valence-corrected chi connectivity index (χ0v) is 21.0. The smallest absolute Gasteiger partial charge is 0.229 e. The van der Waals surface area contributed by atoms with E-state index in [2.05, 4.69) is 35.4 Å². The molecule has 3 heterocycles. The van der Waals surface area contributed by atoms with Gasteiger partial charge in [0.05, 0.1) is 10.7 Å². The van der Waals surface area contributed by atoms with E-state index in [4.69, 9.17) is 28.8 Å². The summed E-state index contributed by atoms with van der Waals surface area (Å²) in [4.78, 5) is 22.6. The Morgan fingerprint density at radius 1 is 0.971 bits per heavy atom. The molecule has 1 saturated heterocycles. The Morgan fingerprint density at radius 3 is 2.35 bits per heavy atom. The second-order valence-corrected chi connectivity index (χ2v) is 8.90. The summed E-state index contributed by atoms with van der Waals surface area (Å²) in [7, 11) is 0. The summed E-state index contributed by atoms with van der Waals surface area (Å²) in [6.45, 7) is 8.94. The number of benzene rings is 1. The number of aryl methyl sites for hydroxylation is 3. The van der Waals surface area contributed by atoms with Crippen LogP contribution in [0.15, 0.2) is 53.7 Å². The van der Waals surface area contributed by atoms with E-state index in [1.165, 1.54) is 0 Å². The van der Waals surface area contributed by atoms with Crippen LogP contribution >= 0.6 is 23.8 Å². The summed E-state index contributed by atoms with van der Waals surface area (Å²) >= 11 is 11.9. The average molecular weight is 495 g/mol. The Morgan fingerprint density at radius 2 is 1.71 bits per heavy atom. The number of hydrogen-bond donors (Lipinski definition) is 2. The van der Waals surface area contributed by atoms with Crippen molar-refractivity contribution in [1.82, 2.24) is 19.9 Å². The maximum Gasteiger partial charge on any atom is 0.229 e. The number of piperazine rings is 1. The highest BCUT2D eigenvalue weighted by molar-refractivity contribution is 7.80. The molecule has 8 nitrogen and oxygen atoms in total. The van der Waals surface area contributed by atoms with E-state index in [1.54, 1.807) is 0 Å². The van der Waals surface area contributed by atoms with Crippen molar-refractivity contribution in [3.05, 3.63) is 70.6 Å². The summed E-state index contributed by atoms with van der Waals surface area (Å²) in [5, 5.41) is 7.31. The molecule has 2 N–H and O–H groups in total. The molecule has 1 fully saturated rings. The van der Waals surface area contributed by atoms with Crippen LogP contribution < -0.4 is 15.5 Å². The van der Waals surface area contributed by atoms with Crippen LogP contribution in [-0.4, -0.2) is 57.1 Å². The van der Waals surface area contributed by atoms with Gasteiger partial charge in [0.15, 0.2) is 0 Å². The molecule has 10 heteroatoms. The minimum absolute atomic E-state index is 0.296. The van der Waals surface area contributed by atoms with E-state index in [1.807, 2.05) is 69.4 Å². The van der Waals surface area contributed by atoms with Crippen molar-refractivity contribution in [2.75, 3.05) is 41.7 Å². The van der Waals surface area contributed by atoms with Crippen LogP contribution in [0.25, 0.3) is 0 Å². The van der Waals surface area contributed by atoms with Gasteiger partial charge in [-0.3, -0.25) is 5.32 Å². The lowest BCUT2D eigenvalue weighted by atomic mass is 10.2. The second kappa shape index (κ2) is 10.8. The van der Waals surface area contributed by atoms with E-state index < -0.39 is 0 Å². The molecule has 0 atom stereocenters. The predicted octanol–water partition coefficient (Wildman–Crippen LogP) is 4.44. The van der Waals surface area contributed by atoms with Gasteiger partial charge in [-0.2, -0.15) is 4.99 Å². The molecular weight excluding hydrogens is 468 g/mol. The molecule has 0 bridgehead atoms. The maximum atomic E-state index is 6.37. The lowest BCUT2D eigenvalue weighted by molar-refractivity contribution is 0.384. The first-order valence-electron chi connectivity index (χ1n) is 11.0. The fourth-order valence-corrected chi connectivity index (χ4v) is 4.19. The second-order valence-electron chi connectivity index (χ2n) is 8.11. The summed E-state index contributed by atoms with van der Waals surface area (Å²) in [5.41, 5.74) is 3.54. The Kier molecular flexibility index (Phi) is 7.54. The van der Waals surface area contributed by atoms with Gasteiger partial charge in [-0.25, -0.2) is 15.0 Å². The van der Waals surface area contributed by atoms with Crippen LogP contribution in [0.1, 0.15) is 17.0 Å². The van der Waals surface area contributed by atoms with Crippen molar-refractivity contribution in [1.29, 1.82) is 0 Å². The number of pyridine rings is 1. The third-order valence-corrected chi connectivity index (χ3v) is 5.84. The third-order valence-electron chi connectivity index (χ3n) is 5.33. The highest BCUT2D eigenvalue weighted by atomic mass is 35.5. The van der Waals surface area contributed by atoms with E-state index in [0.717, 1.165) is 48.9 Å².